The summed E-state index contributed by atoms with van der Waals surface area (Å²) in [4.78, 5) is 14.8. The van der Waals surface area contributed by atoms with Gasteiger partial charge < -0.3 is 19.8 Å². The largest absolute Gasteiger partial charge is 0.395 e. The number of aliphatic hydroxyl groups excluding tert-OH is 2. The van der Waals surface area contributed by atoms with Crippen molar-refractivity contribution in [1.29, 1.82) is 0 Å². The van der Waals surface area contributed by atoms with Gasteiger partial charge in [0.05, 0.1) is 25.3 Å². The molecule has 0 spiro atoms. The van der Waals surface area contributed by atoms with Gasteiger partial charge in [0.2, 0.25) is 0 Å². The smallest absolute Gasteiger partial charge is 0.276 e. The van der Waals surface area contributed by atoms with Crippen LogP contribution in [0.25, 0.3) is 10.9 Å². The number of aromatic nitrogens is 1. The quantitative estimate of drug-likeness (QED) is 0.604. The first kappa shape index (κ1) is 19.1. The van der Waals surface area contributed by atoms with Crippen molar-refractivity contribution >= 4 is 16.6 Å². The van der Waals surface area contributed by atoms with Crippen molar-refractivity contribution < 1.29 is 14.9 Å². The number of rotatable bonds is 9. The summed E-state index contributed by atoms with van der Waals surface area (Å²) in [5.74, 6) is 0. The van der Waals surface area contributed by atoms with Gasteiger partial charge in [-0.3, -0.25) is 9.36 Å². The summed E-state index contributed by atoms with van der Waals surface area (Å²) in [7, 11) is 0. The third-order valence-electron chi connectivity index (χ3n) is 4.40. The molecule has 6 heteroatoms. The zero-order valence-electron chi connectivity index (χ0n) is 15.1. The Balaban J connectivity index is 1.94. The van der Waals surface area contributed by atoms with E-state index in [-0.39, 0.29) is 38.6 Å². The van der Waals surface area contributed by atoms with Crippen LogP contribution in [0.2, 0.25) is 0 Å². The molecule has 0 aliphatic heterocycles. The molecule has 0 unspecified atom stereocenters. The lowest BCUT2D eigenvalue weighted by Gasteiger charge is -2.24. The minimum atomic E-state index is -0.205. The molecule has 0 bridgehead atoms. The second-order valence-corrected chi connectivity index (χ2v) is 6.22. The predicted octanol–water partition coefficient (Wildman–Crippen LogP) is 1.97. The Bertz CT molecular complexity index is 918. The van der Waals surface area contributed by atoms with Gasteiger partial charge in [0, 0.05) is 18.5 Å². The summed E-state index contributed by atoms with van der Waals surface area (Å²) in [5, 5.41) is 19.5. The molecule has 0 amide bonds. The molecule has 3 rings (SSSR count). The number of fused-ring (bicyclic) bond motifs is 1. The number of aliphatic hydroxyl groups is 2. The van der Waals surface area contributed by atoms with Crippen molar-refractivity contribution in [2.75, 3.05) is 31.2 Å². The van der Waals surface area contributed by atoms with Gasteiger partial charge in [-0.1, -0.05) is 48.5 Å². The molecule has 0 fully saturated rings. The lowest BCUT2D eigenvalue weighted by molar-refractivity contribution is 0.0647. The molecule has 1 heterocycles. The van der Waals surface area contributed by atoms with Crippen molar-refractivity contribution in [2.24, 2.45) is 0 Å². The summed E-state index contributed by atoms with van der Waals surface area (Å²) in [5.41, 5.74) is 2.06. The van der Waals surface area contributed by atoms with E-state index in [0.29, 0.717) is 12.3 Å². The maximum absolute atomic E-state index is 13.1. The minimum Gasteiger partial charge on any atom is -0.395 e. The fourth-order valence-electron chi connectivity index (χ4n) is 3.09. The molecular weight excluding hydrogens is 344 g/mol. The molecule has 27 heavy (non-hydrogen) atoms. The molecule has 6 nitrogen and oxygen atoms in total. The minimum absolute atomic E-state index is 0.100. The molecular formula is C21H24N2O4. The molecule has 0 aliphatic rings. The monoisotopic (exact) mass is 368 g/mol. The van der Waals surface area contributed by atoms with Gasteiger partial charge in [0.15, 0.2) is 0 Å². The van der Waals surface area contributed by atoms with E-state index in [1.54, 1.807) is 15.5 Å². The molecule has 0 radical (unpaired) electrons. The Labute approximate surface area is 157 Å². The van der Waals surface area contributed by atoms with Gasteiger partial charge in [-0.15, -0.1) is 0 Å². The molecule has 3 aromatic rings. The van der Waals surface area contributed by atoms with Crippen molar-refractivity contribution in [1.82, 2.24) is 4.57 Å². The van der Waals surface area contributed by atoms with Crippen LogP contribution in [0.5, 0.6) is 0 Å². The molecule has 2 N–H and O–H groups in total. The number of pyridine rings is 1. The topological polar surface area (TPSA) is 74.9 Å². The second kappa shape index (κ2) is 9.32. The Morgan fingerprint density at radius 1 is 0.926 bits per heavy atom. The van der Waals surface area contributed by atoms with Crippen LogP contribution in [-0.2, 0) is 18.1 Å². The Morgan fingerprint density at radius 2 is 1.59 bits per heavy atom. The summed E-state index contributed by atoms with van der Waals surface area (Å²) in [6.45, 7) is 0.878. The van der Waals surface area contributed by atoms with E-state index in [2.05, 4.69) is 0 Å². The van der Waals surface area contributed by atoms with E-state index < -0.39 is 0 Å². The fraction of sp³-hybridized carbons (Fsp3) is 0.286. The van der Waals surface area contributed by atoms with Crippen molar-refractivity contribution in [3.8, 4) is 0 Å². The molecule has 0 saturated carbocycles. The summed E-state index contributed by atoms with van der Waals surface area (Å²) < 4.78 is 7.39. The Morgan fingerprint density at radius 3 is 2.30 bits per heavy atom. The second-order valence-electron chi connectivity index (χ2n) is 6.22. The molecule has 0 atom stereocenters. The van der Waals surface area contributed by atoms with E-state index in [0.717, 1.165) is 16.5 Å². The van der Waals surface area contributed by atoms with Gasteiger partial charge in [-0.25, -0.2) is 0 Å². The van der Waals surface area contributed by atoms with Crippen LogP contribution < -0.4 is 10.5 Å². The number of nitrogens with zero attached hydrogens (tertiary/aromatic N) is 2. The van der Waals surface area contributed by atoms with Crippen molar-refractivity contribution in [3.63, 3.8) is 0 Å². The number of hydrogen-bond acceptors (Lipinski definition) is 5. The Kier molecular flexibility index (Phi) is 6.59. The van der Waals surface area contributed by atoms with Crippen molar-refractivity contribution in [3.05, 3.63) is 76.6 Å². The third-order valence-corrected chi connectivity index (χ3v) is 4.40. The number of benzene rings is 2. The normalized spacial score (nSPS) is 11.0. The summed E-state index contributed by atoms with van der Waals surface area (Å²) >= 11 is 0. The first-order valence-corrected chi connectivity index (χ1v) is 8.95. The highest BCUT2D eigenvalue weighted by molar-refractivity contribution is 5.82. The van der Waals surface area contributed by atoms with E-state index in [1.807, 2.05) is 54.6 Å². The maximum Gasteiger partial charge on any atom is 0.276 e. The van der Waals surface area contributed by atoms with E-state index >= 15 is 0 Å². The van der Waals surface area contributed by atoms with Gasteiger partial charge in [-0.05, 0) is 17.7 Å². The number of anilines is 1. The van der Waals surface area contributed by atoms with E-state index in [1.165, 1.54) is 0 Å². The van der Waals surface area contributed by atoms with Gasteiger partial charge in [0.1, 0.15) is 12.4 Å². The molecule has 1 aromatic heterocycles. The first-order valence-electron chi connectivity index (χ1n) is 8.95. The average molecular weight is 368 g/mol. The molecule has 0 aliphatic carbocycles. The van der Waals surface area contributed by atoms with Crippen molar-refractivity contribution in [2.45, 2.75) is 13.3 Å². The zero-order chi connectivity index (χ0) is 19.1. The number of hydrogen-bond donors (Lipinski definition) is 2. The van der Waals surface area contributed by atoms with Gasteiger partial charge in [-0.2, -0.15) is 0 Å². The van der Waals surface area contributed by atoms with Crippen LogP contribution in [-0.4, -0.2) is 41.1 Å². The van der Waals surface area contributed by atoms with Gasteiger partial charge in [0.25, 0.3) is 5.56 Å². The molecule has 142 valence electrons. The number of para-hydroxylation sites is 1. The van der Waals surface area contributed by atoms with Gasteiger partial charge >= 0.3 is 0 Å². The van der Waals surface area contributed by atoms with E-state index in [4.69, 9.17) is 4.74 Å². The maximum atomic E-state index is 13.1. The highest BCUT2D eigenvalue weighted by Gasteiger charge is 2.15. The SMILES string of the molecule is O=c1c(N(CCO)CCO)cc2ccccc2n1COCc1ccccc1. The standard InChI is InChI=1S/C21H24N2O4/c24-12-10-22(11-13-25)20-14-18-8-4-5-9-19(18)23(21(20)26)16-27-15-17-6-2-1-3-7-17/h1-9,14,24-25H,10-13,15-16H2. The first-order chi connectivity index (χ1) is 13.2. The summed E-state index contributed by atoms with van der Waals surface area (Å²) in [6, 6.07) is 19.2. The van der Waals surface area contributed by atoms with Crippen LogP contribution in [0.3, 0.4) is 0 Å². The average Bonchev–Trinajstić information content (AvgIpc) is 2.70. The van der Waals surface area contributed by atoms with Crippen LogP contribution >= 0.6 is 0 Å². The lowest BCUT2D eigenvalue weighted by Crippen LogP contribution is -2.36. The highest BCUT2D eigenvalue weighted by Crippen LogP contribution is 2.19. The highest BCUT2D eigenvalue weighted by atomic mass is 16.5. The summed E-state index contributed by atoms with van der Waals surface area (Å²) in [6.07, 6.45) is 0. The van der Waals surface area contributed by atoms with E-state index in [9.17, 15) is 15.0 Å². The molecule has 2 aromatic carbocycles. The van der Waals surface area contributed by atoms with Crippen LogP contribution in [0.15, 0.2) is 65.5 Å². The Hall–Kier alpha value is -2.67. The number of ether oxygens (including phenoxy) is 1. The fourth-order valence-corrected chi connectivity index (χ4v) is 3.09. The van der Waals surface area contributed by atoms with Crippen LogP contribution in [0.4, 0.5) is 5.69 Å². The molecule has 0 saturated heterocycles. The lowest BCUT2D eigenvalue weighted by atomic mass is 10.2. The van der Waals surface area contributed by atoms with Crippen LogP contribution in [0, 0.1) is 0 Å². The van der Waals surface area contributed by atoms with Crippen LogP contribution in [0.1, 0.15) is 5.56 Å². The predicted molar refractivity (Wildman–Crippen MR) is 106 cm³/mol. The zero-order valence-corrected chi connectivity index (χ0v) is 15.1. The third kappa shape index (κ3) is 4.54.